The molecule has 9 heteroatoms. The lowest BCUT2D eigenvalue weighted by Crippen LogP contribution is -2.15. The zero-order valence-corrected chi connectivity index (χ0v) is 19.8. The maximum Gasteiger partial charge on any atom is 0.357 e. The zero-order chi connectivity index (χ0) is 23.3. The maximum atomic E-state index is 12.8. The Balaban J connectivity index is 2.32. The van der Waals surface area contributed by atoms with Gasteiger partial charge in [0.25, 0.3) is 0 Å². The fourth-order valence-electron chi connectivity index (χ4n) is 3.14. The second kappa shape index (κ2) is 10.3. The lowest BCUT2D eigenvalue weighted by atomic mass is 10.0. The molecule has 0 atom stereocenters. The van der Waals surface area contributed by atoms with E-state index in [2.05, 4.69) is 21.0 Å². The van der Waals surface area contributed by atoms with Crippen molar-refractivity contribution in [3.63, 3.8) is 0 Å². The third-order valence-electron chi connectivity index (χ3n) is 4.62. The van der Waals surface area contributed by atoms with E-state index in [-0.39, 0.29) is 17.0 Å². The van der Waals surface area contributed by atoms with E-state index >= 15 is 0 Å². The van der Waals surface area contributed by atoms with Crippen molar-refractivity contribution in [3.8, 4) is 28.4 Å². The molecule has 0 spiro atoms. The SMILES string of the molecule is CCCOc1cc(Br)c(-c2nn(-c3ccccc3)c(C(=O)OC)c2C(=O)OC)cc1OC. The van der Waals surface area contributed by atoms with Gasteiger partial charge in [0, 0.05) is 10.0 Å². The van der Waals surface area contributed by atoms with E-state index in [1.807, 2.05) is 13.0 Å². The number of hydrogen-bond donors (Lipinski definition) is 0. The highest BCUT2D eigenvalue weighted by Gasteiger charge is 2.32. The minimum atomic E-state index is -0.723. The molecule has 8 nitrogen and oxygen atoms in total. The summed E-state index contributed by atoms with van der Waals surface area (Å²) in [6, 6.07) is 12.4. The Hall–Kier alpha value is -3.33. The molecule has 0 N–H and O–H groups in total. The number of methoxy groups -OCH3 is 3. The van der Waals surface area contributed by atoms with Crippen molar-refractivity contribution in [2.24, 2.45) is 0 Å². The molecule has 0 unspecified atom stereocenters. The minimum Gasteiger partial charge on any atom is -0.493 e. The largest absolute Gasteiger partial charge is 0.493 e. The monoisotopic (exact) mass is 502 g/mol. The van der Waals surface area contributed by atoms with Crippen LogP contribution in [0.5, 0.6) is 11.5 Å². The highest BCUT2D eigenvalue weighted by Crippen LogP contribution is 2.40. The molecule has 168 valence electrons. The molecular weight excluding hydrogens is 480 g/mol. The number of hydrogen-bond acceptors (Lipinski definition) is 7. The smallest absolute Gasteiger partial charge is 0.357 e. The van der Waals surface area contributed by atoms with Crippen LogP contribution in [0, 0.1) is 0 Å². The summed E-state index contributed by atoms with van der Waals surface area (Å²) in [5.74, 6) is -0.444. The highest BCUT2D eigenvalue weighted by molar-refractivity contribution is 9.10. The van der Waals surface area contributed by atoms with Crippen molar-refractivity contribution in [3.05, 3.63) is 58.2 Å². The van der Waals surface area contributed by atoms with Gasteiger partial charge in [-0.25, -0.2) is 14.3 Å². The molecule has 0 saturated carbocycles. The van der Waals surface area contributed by atoms with Gasteiger partial charge in [-0.2, -0.15) is 5.10 Å². The standard InChI is InChI=1S/C23H23BrN2O6/c1-5-11-32-18-13-16(24)15(12-17(18)29-2)20-19(22(27)30-3)21(23(28)31-4)26(25-20)14-9-7-6-8-10-14/h6-10,12-13H,5,11H2,1-4H3. The molecule has 2 aromatic carbocycles. The summed E-state index contributed by atoms with van der Waals surface area (Å²) in [4.78, 5) is 25.5. The summed E-state index contributed by atoms with van der Waals surface area (Å²) in [7, 11) is 4.00. The quantitative estimate of drug-likeness (QED) is 0.413. The van der Waals surface area contributed by atoms with Gasteiger partial charge in [-0.3, -0.25) is 0 Å². The summed E-state index contributed by atoms with van der Waals surface area (Å²) in [6.07, 6.45) is 0.832. The average Bonchev–Trinajstić information content (AvgIpc) is 3.22. The van der Waals surface area contributed by atoms with Gasteiger partial charge < -0.3 is 18.9 Å². The summed E-state index contributed by atoms with van der Waals surface area (Å²) in [6.45, 7) is 2.52. The molecule has 1 aromatic heterocycles. The van der Waals surface area contributed by atoms with Gasteiger partial charge in [-0.1, -0.05) is 25.1 Å². The molecule has 0 amide bonds. The van der Waals surface area contributed by atoms with Crippen LogP contribution in [0.3, 0.4) is 0 Å². The molecule has 1 heterocycles. The van der Waals surface area contributed by atoms with E-state index in [0.29, 0.717) is 33.8 Å². The van der Waals surface area contributed by atoms with Gasteiger partial charge in [0.05, 0.1) is 33.6 Å². The predicted molar refractivity (Wildman–Crippen MR) is 122 cm³/mol. The topological polar surface area (TPSA) is 88.9 Å². The minimum absolute atomic E-state index is 0.0202. The van der Waals surface area contributed by atoms with Crippen LogP contribution in [0.15, 0.2) is 46.9 Å². The first-order valence-corrected chi connectivity index (χ1v) is 10.6. The number of carbonyl (C=O) groups is 2. The second-order valence-electron chi connectivity index (χ2n) is 6.63. The number of ether oxygens (including phenoxy) is 4. The Morgan fingerprint density at radius 1 is 1.00 bits per heavy atom. The number of halogens is 1. The van der Waals surface area contributed by atoms with Gasteiger partial charge in [-0.15, -0.1) is 0 Å². The molecular formula is C23H23BrN2O6. The molecule has 0 aliphatic rings. The molecule has 0 fully saturated rings. The number of aromatic nitrogens is 2. The first-order chi connectivity index (χ1) is 15.5. The van der Waals surface area contributed by atoms with Crippen LogP contribution in [0.4, 0.5) is 0 Å². The molecule has 0 aliphatic carbocycles. The van der Waals surface area contributed by atoms with Crippen molar-refractivity contribution in [2.45, 2.75) is 13.3 Å². The van der Waals surface area contributed by atoms with Crippen molar-refractivity contribution in [1.82, 2.24) is 9.78 Å². The Bertz CT molecular complexity index is 1130. The summed E-state index contributed by atoms with van der Waals surface area (Å²) in [5, 5.41) is 4.61. The van der Waals surface area contributed by atoms with Gasteiger partial charge in [0.2, 0.25) is 0 Å². The lowest BCUT2D eigenvalue weighted by molar-refractivity contribution is 0.0549. The van der Waals surface area contributed by atoms with Gasteiger partial charge >= 0.3 is 11.9 Å². The van der Waals surface area contributed by atoms with Crippen LogP contribution >= 0.6 is 15.9 Å². The van der Waals surface area contributed by atoms with Gasteiger partial charge in [0.1, 0.15) is 11.3 Å². The second-order valence-corrected chi connectivity index (χ2v) is 7.49. The third-order valence-corrected chi connectivity index (χ3v) is 5.28. The number of rotatable bonds is 8. The molecule has 3 rings (SSSR count). The first-order valence-electron chi connectivity index (χ1n) is 9.82. The molecule has 32 heavy (non-hydrogen) atoms. The summed E-state index contributed by atoms with van der Waals surface area (Å²) < 4.78 is 23.2. The Kier molecular flexibility index (Phi) is 7.53. The molecule has 3 aromatic rings. The number of esters is 2. The van der Waals surface area contributed by atoms with Crippen LogP contribution in [0.2, 0.25) is 0 Å². The van der Waals surface area contributed by atoms with E-state index in [9.17, 15) is 9.59 Å². The number of benzene rings is 2. The third kappa shape index (κ3) is 4.47. The van der Waals surface area contributed by atoms with E-state index in [1.54, 1.807) is 36.4 Å². The number of para-hydroxylation sites is 1. The van der Waals surface area contributed by atoms with Crippen molar-refractivity contribution < 1.29 is 28.5 Å². The van der Waals surface area contributed by atoms with E-state index < -0.39 is 11.9 Å². The highest BCUT2D eigenvalue weighted by atomic mass is 79.9. The van der Waals surface area contributed by atoms with Gasteiger partial charge in [-0.05, 0) is 46.6 Å². The fraction of sp³-hybridized carbons (Fsp3) is 0.261. The zero-order valence-electron chi connectivity index (χ0n) is 18.2. The normalized spacial score (nSPS) is 10.5. The van der Waals surface area contributed by atoms with Crippen molar-refractivity contribution >= 4 is 27.9 Å². The number of carbonyl (C=O) groups excluding carboxylic acids is 2. The first kappa shape index (κ1) is 23.3. The van der Waals surface area contributed by atoms with Gasteiger partial charge in [0.15, 0.2) is 17.2 Å². The number of nitrogens with zero attached hydrogens (tertiary/aromatic N) is 2. The summed E-state index contributed by atoms with van der Waals surface area (Å²) in [5.41, 5.74) is 1.26. The lowest BCUT2D eigenvalue weighted by Gasteiger charge is -2.13. The molecule has 0 radical (unpaired) electrons. The molecule has 0 saturated heterocycles. The molecule has 0 bridgehead atoms. The Morgan fingerprint density at radius 3 is 2.28 bits per heavy atom. The van der Waals surface area contributed by atoms with Crippen LogP contribution < -0.4 is 9.47 Å². The van der Waals surface area contributed by atoms with E-state index in [0.717, 1.165) is 6.42 Å². The van der Waals surface area contributed by atoms with Crippen molar-refractivity contribution in [1.29, 1.82) is 0 Å². The summed E-state index contributed by atoms with van der Waals surface area (Å²) >= 11 is 3.54. The van der Waals surface area contributed by atoms with Crippen LogP contribution in [-0.4, -0.2) is 49.7 Å². The molecule has 0 aliphatic heterocycles. The van der Waals surface area contributed by atoms with Crippen LogP contribution in [-0.2, 0) is 9.47 Å². The van der Waals surface area contributed by atoms with Crippen LogP contribution in [0.1, 0.15) is 34.2 Å². The predicted octanol–water partition coefficient (Wildman–Crippen LogP) is 4.67. The maximum absolute atomic E-state index is 12.8. The van der Waals surface area contributed by atoms with Crippen LogP contribution in [0.25, 0.3) is 16.9 Å². The fourth-order valence-corrected chi connectivity index (χ4v) is 3.65. The van der Waals surface area contributed by atoms with Crippen molar-refractivity contribution in [2.75, 3.05) is 27.9 Å². The Morgan fingerprint density at radius 2 is 1.69 bits per heavy atom. The van der Waals surface area contributed by atoms with E-state index in [1.165, 1.54) is 26.0 Å². The van der Waals surface area contributed by atoms with E-state index in [4.69, 9.17) is 18.9 Å². The Labute approximate surface area is 194 Å². The average molecular weight is 503 g/mol.